The van der Waals surface area contributed by atoms with Gasteiger partial charge in [-0.15, -0.1) is 10.2 Å². The molecule has 3 aromatic heterocycles. The van der Waals surface area contributed by atoms with Crippen molar-refractivity contribution in [2.75, 3.05) is 0 Å². The lowest BCUT2D eigenvalue weighted by atomic mass is 9.96. The molecule has 0 bridgehead atoms. The maximum Gasteiger partial charge on any atom is 0.278 e. The summed E-state index contributed by atoms with van der Waals surface area (Å²) in [5, 5.41) is 23.0. The maximum atomic E-state index is 13.9. The lowest BCUT2D eigenvalue weighted by molar-refractivity contribution is 0.131. The molecule has 0 aliphatic carbocycles. The van der Waals surface area contributed by atoms with E-state index in [1.54, 1.807) is 4.68 Å². The lowest BCUT2D eigenvalue weighted by Gasteiger charge is -2.08. The Morgan fingerprint density at radius 3 is 2.34 bits per heavy atom. The number of rotatable bonds is 1. The monoisotopic (exact) mass is 456 g/mol. The van der Waals surface area contributed by atoms with Crippen molar-refractivity contribution in [2.24, 2.45) is 0 Å². The van der Waals surface area contributed by atoms with E-state index < -0.39 is 6.23 Å². The Morgan fingerprint density at radius 1 is 0.743 bits per heavy atom. The lowest BCUT2D eigenvalue weighted by Crippen LogP contribution is -2.22. The average Bonchev–Trinajstić information content (AvgIpc) is 3.53. The van der Waals surface area contributed by atoms with Gasteiger partial charge in [0.05, 0.1) is 16.4 Å². The van der Waals surface area contributed by atoms with E-state index >= 15 is 0 Å². The molecule has 1 unspecified atom stereocenters. The minimum atomic E-state index is -1.22. The predicted octanol–water partition coefficient (Wildman–Crippen LogP) is 5.15. The molecule has 1 aliphatic rings. The first-order valence-corrected chi connectivity index (χ1v) is 11.3. The van der Waals surface area contributed by atoms with Crippen molar-refractivity contribution in [1.82, 2.24) is 19.6 Å². The summed E-state index contributed by atoms with van der Waals surface area (Å²) in [6.07, 6.45) is -1.22. The van der Waals surface area contributed by atoms with Crippen LogP contribution in [0.3, 0.4) is 0 Å². The number of aromatic nitrogens is 4. The van der Waals surface area contributed by atoms with E-state index in [9.17, 15) is 9.90 Å². The predicted molar refractivity (Wildman–Crippen MR) is 134 cm³/mol. The quantitative estimate of drug-likeness (QED) is 0.369. The van der Waals surface area contributed by atoms with Crippen LogP contribution in [0, 0.1) is 0 Å². The molecule has 0 saturated heterocycles. The fraction of sp³-hybridized carbons (Fsp3) is 0.0357. The van der Waals surface area contributed by atoms with Crippen LogP contribution in [0.5, 0.6) is 0 Å². The van der Waals surface area contributed by atoms with Gasteiger partial charge in [0.2, 0.25) is 0 Å². The first kappa shape index (κ1) is 18.7. The first-order valence-electron chi connectivity index (χ1n) is 11.3. The fourth-order valence-corrected chi connectivity index (χ4v) is 5.50. The second-order valence-corrected chi connectivity index (χ2v) is 8.76. The Bertz CT molecular complexity index is 2060. The summed E-state index contributed by atoms with van der Waals surface area (Å²) >= 11 is 0. The second kappa shape index (κ2) is 6.43. The number of hydrogen-bond acceptors (Lipinski definition) is 5. The number of para-hydroxylation sites is 1. The number of furan rings is 1. The van der Waals surface area contributed by atoms with Crippen molar-refractivity contribution in [1.29, 1.82) is 0 Å². The van der Waals surface area contributed by atoms with Gasteiger partial charge in [0, 0.05) is 16.2 Å². The van der Waals surface area contributed by atoms with Gasteiger partial charge in [-0.1, -0.05) is 60.7 Å². The average molecular weight is 456 g/mol. The Morgan fingerprint density at radius 2 is 1.46 bits per heavy atom. The summed E-state index contributed by atoms with van der Waals surface area (Å²) in [5.74, 6) is 0. The summed E-state index contributed by atoms with van der Waals surface area (Å²) in [6, 6.07) is 27.2. The summed E-state index contributed by atoms with van der Waals surface area (Å²) in [7, 11) is 0. The number of benzene rings is 4. The maximum absolute atomic E-state index is 13.9. The molecule has 7 heteroatoms. The molecule has 0 amide bonds. The zero-order chi connectivity index (χ0) is 23.3. The van der Waals surface area contributed by atoms with Crippen molar-refractivity contribution >= 4 is 43.7 Å². The Labute approximate surface area is 197 Å². The third-order valence-electron chi connectivity index (χ3n) is 6.96. The first-order chi connectivity index (χ1) is 17.2. The van der Waals surface area contributed by atoms with Crippen LogP contribution in [-0.2, 0) is 0 Å². The minimum Gasteiger partial charge on any atom is -0.456 e. The molecule has 35 heavy (non-hydrogen) atoms. The summed E-state index contributed by atoms with van der Waals surface area (Å²) in [6.45, 7) is 0. The van der Waals surface area contributed by atoms with Gasteiger partial charge in [-0.3, -0.25) is 4.79 Å². The largest absolute Gasteiger partial charge is 0.456 e. The van der Waals surface area contributed by atoms with Crippen LogP contribution in [0.25, 0.3) is 60.6 Å². The SMILES string of the molecule is O=c1c2c(-c3cccc4oc5ccccc5c34)cccc2n2n1C(O)c1nnc3ccccc3c1-2. The summed E-state index contributed by atoms with van der Waals surface area (Å²) < 4.78 is 9.24. The van der Waals surface area contributed by atoms with Crippen molar-refractivity contribution < 1.29 is 9.52 Å². The second-order valence-electron chi connectivity index (χ2n) is 8.76. The molecule has 0 fully saturated rings. The van der Waals surface area contributed by atoms with Crippen LogP contribution in [0.4, 0.5) is 0 Å². The molecular weight excluding hydrogens is 440 g/mol. The highest BCUT2D eigenvalue weighted by atomic mass is 16.3. The Balaban J connectivity index is 1.52. The molecule has 8 rings (SSSR count). The van der Waals surface area contributed by atoms with E-state index in [2.05, 4.69) is 10.2 Å². The molecular formula is C28H16N4O3. The van der Waals surface area contributed by atoms with Gasteiger partial charge in [0.15, 0.2) is 6.23 Å². The van der Waals surface area contributed by atoms with Gasteiger partial charge in [-0.25, -0.2) is 9.36 Å². The van der Waals surface area contributed by atoms with E-state index in [1.807, 2.05) is 84.9 Å². The smallest absolute Gasteiger partial charge is 0.278 e. The molecule has 1 aliphatic heterocycles. The minimum absolute atomic E-state index is 0.282. The molecule has 7 nitrogen and oxygen atoms in total. The fourth-order valence-electron chi connectivity index (χ4n) is 5.50. The van der Waals surface area contributed by atoms with Gasteiger partial charge >= 0.3 is 0 Å². The van der Waals surface area contributed by atoms with Crippen LogP contribution in [0.2, 0.25) is 0 Å². The number of hydrogen-bond donors (Lipinski definition) is 1. The molecule has 1 atom stereocenters. The topological polar surface area (TPSA) is 86.1 Å². The Hall–Kier alpha value is -4.75. The van der Waals surface area contributed by atoms with Gasteiger partial charge < -0.3 is 9.52 Å². The molecule has 4 aromatic carbocycles. The summed E-state index contributed by atoms with van der Waals surface area (Å²) in [5.41, 5.74) is 5.43. The highest BCUT2D eigenvalue weighted by Crippen LogP contribution is 2.41. The van der Waals surface area contributed by atoms with Crippen molar-refractivity contribution in [3.05, 3.63) is 101 Å². The van der Waals surface area contributed by atoms with E-state index in [1.165, 1.54) is 4.68 Å². The van der Waals surface area contributed by atoms with Crippen LogP contribution >= 0.6 is 0 Å². The van der Waals surface area contributed by atoms with Gasteiger partial charge in [0.25, 0.3) is 5.56 Å². The van der Waals surface area contributed by atoms with E-state index in [0.717, 1.165) is 38.5 Å². The van der Waals surface area contributed by atoms with Crippen molar-refractivity contribution in [3.63, 3.8) is 0 Å². The Kier molecular flexibility index (Phi) is 3.43. The molecule has 7 aromatic rings. The number of fused-ring (bicyclic) bond motifs is 10. The van der Waals surface area contributed by atoms with E-state index in [0.29, 0.717) is 27.8 Å². The van der Waals surface area contributed by atoms with Crippen molar-refractivity contribution in [3.8, 4) is 16.8 Å². The molecule has 0 spiro atoms. The highest BCUT2D eigenvalue weighted by molar-refractivity contribution is 6.15. The van der Waals surface area contributed by atoms with Gasteiger partial charge in [-0.2, -0.15) is 0 Å². The van der Waals surface area contributed by atoms with Gasteiger partial charge in [-0.05, 0) is 35.4 Å². The van der Waals surface area contributed by atoms with E-state index in [-0.39, 0.29) is 5.56 Å². The number of aliphatic hydroxyl groups excluding tert-OH is 1. The third-order valence-corrected chi connectivity index (χ3v) is 6.96. The van der Waals surface area contributed by atoms with Gasteiger partial charge in [0.1, 0.15) is 22.5 Å². The molecule has 166 valence electrons. The van der Waals surface area contributed by atoms with Crippen molar-refractivity contribution in [2.45, 2.75) is 6.23 Å². The molecule has 1 N–H and O–H groups in total. The molecule has 0 saturated carbocycles. The summed E-state index contributed by atoms with van der Waals surface area (Å²) in [4.78, 5) is 13.9. The zero-order valence-electron chi connectivity index (χ0n) is 18.2. The molecule has 4 heterocycles. The van der Waals surface area contributed by atoms with Crippen LogP contribution in [0.15, 0.2) is 94.1 Å². The normalized spacial score (nSPS) is 14.8. The highest BCUT2D eigenvalue weighted by Gasteiger charge is 2.35. The molecule has 0 radical (unpaired) electrons. The number of nitrogens with zero attached hydrogens (tertiary/aromatic N) is 4. The van der Waals surface area contributed by atoms with Crippen LogP contribution in [0.1, 0.15) is 11.9 Å². The van der Waals surface area contributed by atoms with Crippen LogP contribution < -0.4 is 5.56 Å². The number of aliphatic hydroxyl groups is 1. The standard InChI is InChI=1S/C28H16N4O3/c33-27-24-16(15-10-6-14-22-23(15)18-8-2-4-13-21(18)35-22)9-5-12-20(24)31-26-17-7-1-3-11-19(17)29-30-25(26)28(34)32(27)31/h1-14,28,34H. The van der Waals surface area contributed by atoms with E-state index in [4.69, 9.17) is 4.42 Å². The van der Waals surface area contributed by atoms with Crippen LogP contribution in [-0.4, -0.2) is 24.7 Å². The zero-order valence-corrected chi connectivity index (χ0v) is 18.2. The third kappa shape index (κ3) is 2.25.